The fourth-order valence-corrected chi connectivity index (χ4v) is 4.18. The first kappa shape index (κ1) is 12.3. The van der Waals surface area contributed by atoms with E-state index in [9.17, 15) is 4.79 Å². The number of amides is 1. The first-order valence-corrected chi connectivity index (χ1v) is 8.04. The summed E-state index contributed by atoms with van der Waals surface area (Å²) < 4.78 is 1.12. The second-order valence-electron chi connectivity index (χ2n) is 5.74. The molecule has 2 bridgehead atoms. The number of carbonyl (C=O) groups is 1. The Morgan fingerprint density at radius 3 is 2.95 bits per heavy atom. The molecule has 1 aromatic carbocycles. The predicted octanol–water partition coefficient (Wildman–Crippen LogP) is 2.58. The molecule has 104 valence electrons. The molecule has 0 unspecified atom stereocenters. The fourth-order valence-electron chi connectivity index (χ4n) is 3.47. The minimum atomic E-state index is 0.145. The van der Waals surface area contributed by atoms with E-state index in [0.29, 0.717) is 5.92 Å². The number of rotatable bonds is 2. The van der Waals surface area contributed by atoms with E-state index in [1.54, 1.807) is 11.3 Å². The van der Waals surface area contributed by atoms with Crippen molar-refractivity contribution in [2.24, 2.45) is 11.8 Å². The number of nitrogens with one attached hydrogen (secondary N) is 1. The van der Waals surface area contributed by atoms with Gasteiger partial charge in [-0.3, -0.25) is 4.79 Å². The summed E-state index contributed by atoms with van der Waals surface area (Å²) in [5.41, 5.74) is 3.59. The zero-order chi connectivity index (χ0) is 13.5. The van der Waals surface area contributed by atoms with Crippen molar-refractivity contribution in [2.45, 2.75) is 12.8 Å². The highest BCUT2D eigenvalue weighted by Crippen LogP contribution is 2.33. The molecule has 0 radical (unpaired) electrons. The van der Waals surface area contributed by atoms with E-state index in [-0.39, 0.29) is 11.8 Å². The molecule has 1 atom stereocenters. The molecule has 1 N–H and O–H groups in total. The molecule has 0 aliphatic carbocycles. The van der Waals surface area contributed by atoms with Crippen LogP contribution in [0.3, 0.4) is 0 Å². The molecule has 4 nitrogen and oxygen atoms in total. The quantitative estimate of drug-likeness (QED) is 0.923. The van der Waals surface area contributed by atoms with Gasteiger partial charge in [0.1, 0.15) is 5.52 Å². The van der Waals surface area contributed by atoms with Crippen molar-refractivity contribution < 1.29 is 4.79 Å². The Kier molecular flexibility index (Phi) is 2.97. The number of thiazole rings is 1. The Morgan fingerprint density at radius 2 is 2.20 bits per heavy atom. The average Bonchev–Trinajstić information content (AvgIpc) is 2.98. The molecule has 5 heteroatoms. The molecular formula is C15H17N3OS. The van der Waals surface area contributed by atoms with Crippen LogP contribution in [0.1, 0.15) is 12.8 Å². The van der Waals surface area contributed by atoms with Gasteiger partial charge in [0.15, 0.2) is 0 Å². The summed E-state index contributed by atoms with van der Waals surface area (Å²) in [6.45, 7) is 3.25. The van der Waals surface area contributed by atoms with E-state index >= 15 is 0 Å². The topological polar surface area (TPSA) is 45.2 Å². The molecule has 20 heavy (non-hydrogen) atoms. The Labute approximate surface area is 121 Å². The van der Waals surface area contributed by atoms with Crippen LogP contribution in [0.15, 0.2) is 23.7 Å². The molecule has 3 aliphatic heterocycles. The van der Waals surface area contributed by atoms with E-state index in [4.69, 9.17) is 0 Å². The molecule has 3 aliphatic rings. The summed E-state index contributed by atoms with van der Waals surface area (Å²) in [4.78, 5) is 19.3. The molecule has 3 saturated heterocycles. The minimum absolute atomic E-state index is 0.145. The third kappa shape index (κ3) is 2.01. The standard InChI is InChI=1S/C15H17N3OS/c19-15(11-8-18-6-4-10(11)5-7-18)17-12-2-1-3-13-14(12)16-9-20-13/h1-3,9-11H,4-8H2,(H,17,19)/t11-/m0/s1. The monoisotopic (exact) mass is 287 g/mol. The first-order chi connectivity index (χ1) is 9.81. The lowest BCUT2D eigenvalue weighted by Crippen LogP contribution is -2.51. The van der Waals surface area contributed by atoms with Gasteiger partial charge in [0.2, 0.25) is 5.91 Å². The summed E-state index contributed by atoms with van der Waals surface area (Å²) in [5, 5.41) is 3.10. The maximum absolute atomic E-state index is 12.6. The second-order valence-corrected chi connectivity index (χ2v) is 6.62. The Morgan fingerprint density at radius 1 is 1.35 bits per heavy atom. The van der Waals surface area contributed by atoms with Crippen LogP contribution < -0.4 is 5.32 Å². The van der Waals surface area contributed by atoms with Crippen LogP contribution in [-0.2, 0) is 4.79 Å². The summed E-state index contributed by atoms with van der Waals surface area (Å²) in [6.07, 6.45) is 2.33. The fraction of sp³-hybridized carbons (Fsp3) is 0.467. The zero-order valence-corrected chi connectivity index (χ0v) is 12.0. The number of aromatic nitrogens is 1. The van der Waals surface area contributed by atoms with E-state index in [2.05, 4.69) is 15.2 Å². The number of hydrogen-bond acceptors (Lipinski definition) is 4. The molecule has 5 rings (SSSR count). The van der Waals surface area contributed by atoms with Gasteiger partial charge in [0, 0.05) is 6.54 Å². The summed E-state index contributed by atoms with van der Waals surface area (Å²) in [7, 11) is 0. The number of nitrogens with zero attached hydrogens (tertiary/aromatic N) is 2. The smallest absolute Gasteiger partial charge is 0.229 e. The van der Waals surface area contributed by atoms with Gasteiger partial charge in [-0.1, -0.05) is 6.07 Å². The largest absolute Gasteiger partial charge is 0.324 e. The number of hydrogen-bond donors (Lipinski definition) is 1. The maximum atomic E-state index is 12.6. The third-order valence-electron chi connectivity index (χ3n) is 4.61. The van der Waals surface area contributed by atoms with Crippen LogP contribution in [0.25, 0.3) is 10.2 Å². The van der Waals surface area contributed by atoms with Gasteiger partial charge < -0.3 is 10.2 Å². The first-order valence-electron chi connectivity index (χ1n) is 7.17. The number of benzene rings is 1. The van der Waals surface area contributed by atoms with Gasteiger partial charge in [0.25, 0.3) is 0 Å². The predicted molar refractivity (Wildman–Crippen MR) is 80.9 cm³/mol. The van der Waals surface area contributed by atoms with Crippen molar-refractivity contribution in [1.82, 2.24) is 9.88 Å². The molecule has 2 aromatic rings. The van der Waals surface area contributed by atoms with Crippen LogP contribution in [-0.4, -0.2) is 35.4 Å². The van der Waals surface area contributed by atoms with Crippen LogP contribution in [0.2, 0.25) is 0 Å². The molecular weight excluding hydrogens is 270 g/mol. The van der Waals surface area contributed by atoms with Gasteiger partial charge in [0.05, 0.1) is 21.8 Å². The van der Waals surface area contributed by atoms with E-state index in [1.807, 2.05) is 23.7 Å². The van der Waals surface area contributed by atoms with Crippen molar-refractivity contribution in [3.63, 3.8) is 0 Å². The van der Waals surface area contributed by atoms with Gasteiger partial charge in [-0.25, -0.2) is 4.98 Å². The zero-order valence-electron chi connectivity index (χ0n) is 11.2. The SMILES string of the molecule is O=C(Nc1cccc2scnc12)[C@H]1CN2CCC1CC2. The van der Waals surface area contributed by atoms with Crippen molar-refractivity contribution >= 4 is 33.1 Å². The summed E-state index contributed by atoms with van der Waals surface area (Å²) in [5.74, 6) is 0.876. The highest BCUT2D eigenvalue weighted by atomic mass is 32.1. The van der Waals surface area contributed by atoms with Crippen molar-refractivity contribution in [3.05, 3.63) is 23.7 Å². The lowest BCUT2D eigenvalue weighted by atomic mass is 9.78. The number of anilines is 1. The lowest BCUT2D eigenvalue weighted by Gasteiger charge is -2.43. The molecule has 4 heterocycles. The van der Waals surface area contributed by atoms with Crippen LogP contribution >= 0.6 is 11.3 Å². The second kappa shape index (κ2) is 4.82. The van der Waals surface area contributed by atoms with E-state index in [0.717, 1.165) is 35.5 Å². The lowest BCUT2D eigenvalue weighted by molar-refractivity contribution is -0.125. The van der Waals surface area contributed by atoms with Crippen LogP contribution in [0, 0.1) is 11.8 Å². The number of para-hydroxylation sites is 1. The molecule has 1 aromatic heterocycles. The molecule has 1 amide bonds. The van der Waals surface area contributed by atoms with Gasteiger partial charge in [-0.15, -0.1) is 11.3 Å². The van der Waals surface area contributed by atoms with Crippen molar-refractivity contribution in [3.8, 4) is 0 Å². The molecule has 0 spiro atoms. The number of piperidine rings is 3. The Hall–Kier alpha value is -1.46. The molecule has 3 fully saturated rings. The number of fused-ring (bicyclic) bond motifs is 4. The van der Waals surface area contributed by atoms with Crippen molar-refractivity contribution in [1.29, 1.82) is 0 Å². The minimum Gasteiger partial charge on any atom is -0.324 e. The van der Waals surface area contributed by atoms with Crippen molar-refractivity contribution in [2.75, 3.05) is 25.0 Å². The average molecular weight is 287 g/mol. The van der Waals surface area contributed by atoms with E-state index < -0.39 is 0 Å². The number of carbonyl (C=O) groups excluding carboxylic acids is 1. The normalized spacial score (nSPS) is 28.7. The highest BCUT2D eigenvalue weighted by molar-refractivity contribution is 7.16. The van der Waals surface area contributed by atoms with Gasteiger partial charge in [-0.05, 0) is 44.0 Å². The Bertz CT molecular complexity index is 645. The van der Waals surface area contributed by atoms with Gasteiger partial charge >= 0.3 is 0 Å². The third-order valence-corrected chi connectivity index (χ3v) is 5.41. The summed E-state index contributed by atoms with van der Waals surface area (Å²) >= 11 is 1.61. The van der Waals surface area contributed by atoms with Crippen LogP contribution in [0.4, 0.5) is 5.69 Å². The highest BCUT2D eigenvalue weighted by Gasteiger charge is 2.38. The van der Waals surface area contributed by atoms with Crippen LogP contribution in [0.5, 0.6) is 0 Å². The Balaban J connectivity index is 1.57. The molecule has 0 saturated carbocycles. The summed E-state index contributed by atoms with van der Waals surface area (Å²) in [6, 6.07) is 5.96. The maximum Gasteiger partial charge on any atom is 0.229 e. The van der Waals surface area contributed by atoms with E-state index in [1.165, 1.54) is 12.8 Å². The van der Waals surface area contributed by atoms with Gasteiger partial charge in [-0.2, -0.15) is 0 Å².